The monoisotopic (exact) mass is 389 g/mol. The Hall–Kier alpha value is -2.39. The molecule has 0 bridgehead atoms. The lowest BCUT2D eigenvalue weighted by Gasteiger charge is -2.02. The molecule has 3 rings (SSSR count). The third kappa shape index (κ3) is 4.18. The number of nitrogens with one attached hydrogen (secondary N) is 1. The summed E-state index contributed by atoms with van der Waals surface area (Å²) in [4.78, 5) is 4.47. The van der Waals surface area contributed by atoms with Crippen LogP contribution in [0.2, 0.25) is 10.0 Å². The first-order valence-electron chi connectivity index (χ1n) is 7.10. The van der Waals surface area contributed by atoms with Crippen molar-refractivity contribution in [2.45, 2.75) is 0 Å². The number of rotatable bonds is 4. The summed E-state index contributed by atoms with van der Waals surface area (Å²) in [6.45, 7) is 0. The molecule has 0 fully saturated rings. The van der Waals surface area contributed by atoms with Crippen molar-refractivity contribution in [1.82, 2.24) is 4.98 Å². The zero-order valence-electron chi connectivity index (χ0n) is 12.6. The van der Waals surface area contributed by atoms with Crippen molar-refractivity contribution in [3.05, 3.63) is 74.9 Å². The summed E-state index contributed by atoms with van der Waals surface area (Å²) in [6.07, 6.45) is 1.54. The molecule has 3 aromatic rings. The number of benzene rings is 2. The molecular formula is C18H10Cl2FN3S. The average molecular weight is 390 g/mol. The van der Waals surface area contributed by atoms with E-state index in [9.17, 15) is 9.65 Å². The second kappa shape index (κ2) is 7.66. The van der Waals surface area contributed by atoms with E-state index in [0.717, 1.165) is 5.56 Å². The van der Waals surface area contributed by atoms with E-state index in [1.165, 1.54) is 23.5 Å². The molecule has 0 aliphatic heterocycles. The summed E-state index contributed by atoms with van der Waals surface area (Å²) in [5.74, 6) is -0.320. The Labute approximate surface area is 158 Å². The first kappa shape index (κ1) is 17.4. The van der Waals surface area contributed by atoms with Crippen molar-refractivity contribution in [1.29, 1.82) is 5.26 Å². The van der Waals surface area contributed by atoms with Gasteiger partial charge in [-0.3, -0.25) is 0 Å². The van der Waals surface area contributed by atoms with Crippen LogP contribution in [0.25, 0.3) is 16.8 Å². The van der Waals surface area contributed by atoms with Crippen molar-refractivity contribution in [2.24, 2.45) is 0 Å². The third-order valence-corrected chi connectivity index (χ3v) is 4.71. The van der Waals surface area contributed by atoms with Crippen LogP contribution in [-0.4, -0.2) is 4.98 Å². The van der Waals surface area contributed by atoms with E-state index in [4.69, 9.17) is 23.2 Å². The summed E-state index contributed by atoms with van der Waals surface area (Å²) >= 11 is 13.4. The van der Waals surface area contributed by atoms with E-state index >= 15 is 0 Å². The fourth-order valence-electron chi connectivity index (χ4n) is 2.06. The predicted octanol–water partition coefficient (Wildman–Crippen LogP) is 6.23. The molecule has 0 saturated heterocycles. The quantitative estimate of drug-likeness (QED) is 0.537. The molecular weight excluding hydrogens is 380 g/mol. The SMILES string of the molecule is N#CC(=CNc1ccc(F)cc1)c1nc(-c2ccc(Cl)cc2Cl)cs1. The average Bonchev–Trinajstić information content (AvgIpc) is 3.06. The van der Waals surface area contributed by atoms with Crippen LogP contribution in [0.4, 0.5) is 10.1 Å². The van der Waals surface area contributed by atoms with E-state index in [2.05, 4.69) is 16.4 Å². The van der Waals surface area contributed by atoms with Gasteiger partial charge < -0.3 is 5.32 Å². The van der Waals surface area contributed by atoms with E-state index < -0.39 is 0 Å². The van der Waals surface area contributed by atoms with Crippen LogP contribution in [0, 0.1) is 17.1 Å². The highest BCUT2D eigenvalue weighted by atomic mass is 35.5. The summed E-state index contributed by atoms with van der Waals surface area (Å²) in [5.41, 5.74) is 2.46. The van der Waals surface area contributed by atoms with E-state index in [0.29, 0.717) is 32.0 Å². The molecule has 2 aromatic carbocycles. The number of aromatic nitrogens is 1. The topological polar surface area (TPSA) is 48.7 Å². The van der Waals surface area contributed by atoms with Gasteiger partial charge >= 0.3 is 0 Å². The number of anilines is 1. The van der Waals surface area contributed by atoms with Crippen molar-refractivity contribution in [3.63, 3.8) is 0 Å². The largest absolute Gasteiger partial charge is 0.360 e. The van der Waals surface area contributed by atoms with Gasteiger partial charge in [0.05, 0.1) is 10.7 Å². The zero-order valence-corrected chi connectivity index (χ0v) is 15.0. The van der Waals surface area contributed by atoms with Crippen molar-refractivity contribution < 1.29 is 4.39 Å². The summed E-state index contributed by atoms with van der Waals surface area (Å²) < 4.78 is 12.9. The standard InChI is InChI=1S/C18H10Cl2FN3S/c19-12-1-6-15(16(20)7-12)17-10-25-18(24-17)11(8-22)9-23-14-4-2-13(21)3-5-14/h1-7,9-10,23H. The molecule has 3 nitrogen and oxygen atoms in total. The molecule has 124 valence electrons. The van der Waals surface area contributed by atoms with E-state index in [1.807, 2.05) is 5.38 Å². The van der Waals surface area contributed by atoms with Gasteiger partial charge in [-0.2, -0.15) is 5.26 Å². The molecule has 1 aromatic heterocycles. The van der Waals surface area contributed by atoms with Crippen LogP contribution in [0.1, 0.15) is 5.01 Å². The van der Waals surface area contributed by atoms with Crippen LogP contribution < -0.4 is 5.32 Å². The number of hydrogen-bond donors (Lipinski definition) is 1. The number of allylic oxidation sites excluding steroid dienone is 1. The van der Waals surface area contributed by atoms with Crippen LogP contribution >= 0.6 is 34.5 Å². The minimum Gasteiger partial charge on any atom is -0.360 e. The number of halogens is 3. The maximum atomic E-state index is 12.9. The minimum absolute atomic E-state index is 0.320. The van der Waals surface area contributed by atoms with Gasteiger partial charge in [0.2, 0.25) is 0 Å². The molecule has 0 saturated carbocycles. The van der Waals surface area contributed by atoms with Gasteiger partial charge in [0.25, 0.3) is 0 Å². The Bertz CT molecular complexity index is 975. The van der Waals surface area contributed by atoms with Crippen LogP contribution in [0.15, 0.2) is 54.0 Å². The third-order valence-electron chi connectivity index (χ3n) is 3.29. The zero-order chi connectivity index (χ0) is 17.8. The van der Waals surface area contributed by atoms with Crippen molar-refractivity contribution >= 4 is 45.8 Å². The summed E-state index contributed by atoms with van der Waals surface area (Å²) in [5, 5.41) is 15.8. The highest BCUT2D eigenvalue weighted by molar-refractivity contribution is 7.11. The fourth-order valence-corrected chi connectivity index (χ4v) is 3.35. The number of hydrogen-bond acceptors (Lipinski definition) is 4. The molecule has 0 radical (unpaired) electrons. The van der Waals surface area contributed by atoms with Gasteiger partial charge in [-0.15, -0.1) is 11.3 Å². The Morgan fingerprint density at radius 2 is 1.96 bits per heavy atom. The van der Waals surface area contributed by atoms with Crippen LogP contribution in [0.3, 0.4) is 0 Å². The molecule has 1 heterocycles. The van der Waals surface area contributed by atoms with Crippen molar-refractivity contribution in [2.75, 3.05) is 5.32 Å². The molecule has 1 N–H and O–H groups in total. The molecule has 0 spiro atoms. The molecule has 0 aliphatic rings. The number of nitrogens with zero attached hydrogens (tertiary/aromatic N) is 2. The fraction of sp³-hybridized carbons (Fsp3) is 0. The van der Waals surface area contributed by atoms with Crippen LogP contribution in [-0.2, 0) is 0 Å². The summed E-state index contributed by atoms with van der Waals surface area (Å²) in [6, 6.07) is 13.1. The lowest BCUT2D eigenvalue weighted by atomic mass is 10.2. The second-order valence-corrected chi connectivity index (χ2v) is 6.68. The molecule has 0 aliphatic carbocycles. The van der Waals surface area contributed by atoms with Gasteiger partial charge in [-0.1, -0.05) is 23.2 Å². The van der Waals surface area contributed by atoms with Gasteiger partial charge in [-0.25, -0.2) is 9.37 Å². The predicted molar refractivity (Wildman–Crippen MR) is 101 cm³/mol. The molecule has 0 atom stereocenters. The molecule has 0 amide bonds. The normalized spacial score (nSPS) is 11.2. The maximum Gasteiger partial charge on any atom is 0.136 e. The van der Waals surface area contributed by atoms with Gasteiger partial charge in [0, 0.05) is 27.9 Å². The van der Waals surface area contributed by atoms with E-state index in [1.54, 1.807) is 36.5 Å². The Balaban J connectivity index is 1.85. The minimum atomic E-state index is -0.320. The highest BCUT2D eigenvalue weighted by Crippen LogP contribution is 2.32. The molecule has 7 heteroatoms. The van der Waals surface area contributed by atoms with Crippen LogP contribution in [0.5, 0.6) is 0 Å². The second-order valence-electron chi connectivity index (χ2n) is 4.98. The first-order chi connectivity index (χ1) is 12.1. The smallest absolute Gasteiger partial charge is 0.136 e. The number of nitriles is 1. The van der Waals surface area contributed by atoms with Gasteiger partial charge in [0.1, 0.15) is 22.5 Å². The lowest BCUT2D eigenvalue weighted by molar-refractivity contribution is 0.628. The first-order valence-corrected chi connectivity index (χ1v) is 8.74. The molecule has 0 unspecified atom stereocenters. The summed E-state index contributed by atoms with van der Waals surface area (Å²) in [7, 11) is 0. The van der Waals surface area contributed by atoms with Gasteiger partial charge in [-0.05, 0) is 42.5 Å². The molecule has 25 heavy (non-hydrogen) atoms. The number of thiazole rings is 1. The lowest BCUT2D eigenvalue weighted by Crippen LogP contribution is -1.91. The Morgan fingerprint density at radius 1 is 1.20 bits per heavy atom. The Morgan fingerprint density at radius 3 is 2.64 bits per heavy atom. The highest BCUT2D eigenvalue weighted by Gasteiger charge is 2.11. The van der Waals surface area contributed by atoms with E-state index in [-0.39, 0.29) is 5.82 Å². The maximum absolute atomic E-state index is 12.9. The Kier molecular flexibility index (Phi) is 5.34. The van der Waals surface area contributed by atoms with Gasteiger partial charge in [0.15, 0.2) is 0 Å². The van der Waals surface area contributed by atoms with Crippen molar-refractivity contribution in [3.8, 4) is 17.3 Å².